The van der Waals surface area contributed by atoms with Gasteiger partial charge in [-0.1, -0.05) is 36.4 Å². The molecule has 2 aliphatic heterocycles. The van der Waals surface area contributed by atoms with Crippen molar-refractivity contribution in [3.8, 4) is 11.4 Å². The summed E-state index contributed by atoms with van der Waals surface area (Å²) in [6.07, 6.45) is 2.74. The fraction of sp³-hybridized carbons (Fsp3) is 0.333. The maximum Gasteiger partial charge on any atom is 0.261 e. The second kappa shape index (κ2) is 8.25. The number of aromatic nitrogens is 2. The number of ether oxygens (including phenoxy) is 1. The summed E-state index contributed by atoms with van der Waals surface area (Å²) in [4.78, 5) is 17.5. The first-order valence-corrected chi connectivity index (χ1v) is 12.6. The topological polar surface area (TPSA) is 59.4 Å². The van der Waals surface area contributed by atoms with Crippen LogP contribution in [-0.2, 0) is 0 Å². The monoisotopic (exact) mass is 472 g/mol. The van der Waals surface area contributed by atoms with Crippen LogP contribution in [0.3, 0.4) is 0 Å². The predicted octanol–water partition coefficient (Wildman–Crippen LogP) is 5.11. The van der Waals surface area contributed by atoms with Gasteiger partial charge in [0.1, 0.15) is 16.2 Å². The molecule has 1 saturated heterocycles. The van der Waals surface area contributed by atoms with Gasteiger partial charge in [-0.15, -0.1) is 11.3 Å². The van der Waals surface area contributed by atoms with E-state index in [-0.39, 0.29) is 17.6 Å². The minimum atomic E-state index is -0.219. The van der Waals surface area contributed by atoms with Crippen LogP contribution in [0.2, 0.25) is 0 Å². The predicted molar refractivity (Wildman–Crippen MR) is 135 cm³/mol. The molecule has 6 rings (SSSR count). The zero-order valence-corrected chi connectivity index (χ0v) is 20.3. The van der Waals surface area contributed by atoms with Crippen LogP contribution in [-0.4, -0.2) is 46.3 Å². The SMILES string of the molecule is Cc1nn(-c2ccccc2)c2sc(C(=O)N[C@@H]3CC4(CCN(C)CC4)Oc4ccccc43)cc12. The molecule has 1 N–H and O–H groups in total. The van der Waals surface area contributed by atoms with Crippen LogP contribution in [0.4, 0.5) is 0 Å². The third-order valence-corrected chi connectivity index (χ3v) is 8.28. The molecule has 1 spiro atoms. The van der Waals surface area contributed by atoms with E-state index in [1.807, 2.05) is 66.2 Å². The number of carbonyl (C=O) groups excluding carboxylic acids is 1. The highest BCUT2D eigenvalue weighted by molar-refractivity contribution is 7.20. The van der Waals surface area contributed by atoms with Gasteiger partial charge in [-0.25, -0.2) is 4.68 Å². The molecular formula is C27H28N4O2S. The number of para-hydroxylation sites is 2. The molecule has 174 valence electrons. The molecule has 1 amide bonds. The zero-order valence-electron chi connectivity index (χ0n) is 19.5. The number of hydrogen-bond acceptors (Lipinski definition) is 5. The molecule has 1 atom stereocenters. The van der Waals surface area contributed by atoms with Crippen LogP contribution in [0.1, 0.15) is 46.2 Å². The Kier molecular flexibility index (Phi) is 5.19. The molecule has 0 saturated carbocycles. The maximum atomic E-state index is 13.5. The van der Waals surface area contributed by atoms with Crippen molar-refractivity contribution in [2.45, 2.75) is 37.8 Å². The fourth-order valence-electron chi connectivity index (χ4n) is 5.21. The first kappa shape index (κ1) is 21.4. The molecule has 1 fully saturated rings. The number of nitrogens with zero attached hydrogens (tertiary/aromatic N) is 3. The summed E-state index contributed by atoms with van der Waals surface area (Å²) in [5.74, 6) is 0.862. The van der Waals surface area contributed by atoms with E-state index in [1.54, 1.807) is 0 Å². The summed E-state index contributed by atoms with van der Waals surface area (Å²) in [7, 11) is 2.16. The quantitative estimate of drug-likeness (QED) is 0.450. The molecule has 2 aromatic heterocycles. The highest BCUT2D eigenvalue weighted by Gasteiger charge is 2.43. The van der Waals surface area contributed by atoms with Crippen LogP contribution in [0, 0.1) is 6.92 Å². The molecule has 0 unspecified atom stereocenters. The lowest BCUT2D eigenvalue weighted by Crippen LogP contribution is -2.51. The number of likely N-dealkylation sites (tertiary alicyclic amines) is 1. The van der Waals surface area contributed by atoms with Gasteiger partial charge in [0.15, 0.2) is 0 Å². The number of piperidine rings is 1. The highest BCUT2D eigenvalue weighted by atomic mass is 32.1. The van der Waals surface area contributed by atoms with Gasteiger partial charge in [0, 0.05) is 30.5 Å². The van der Waals surface area contributed by atoms with E-state index >= 15 is 0 Å². The Labute approximate surface area is 203 Å². The Bertz CT molecular complexity index is 1350. The van der Waals surface area contributed by atoms with Crippen molar-refractivity contribution in [1.82, 2.24) is 20.0 Å². The number of hydrogen-bond donors (Lipinski definition) is 1. The largest absolute Gasteiger partial charge is 0.487 e. The van der Waals surface area contributed by atoms with E-state index in [4.69, 9.17) is 9.84 Å². The van der Waals surface area contributed by atoms with Gasteiger partial charge in [0.2, 0.25) is 0 Å². The van der Waals surface area contributed by atoms with Gasteiger partial charge in [-0.2, -0.15) is 5.10 Å². The number of thiophene rings is 1. The number of fused-ring (bicyclic) bond motifs is 2. The number of nitrogens with one attached hydrogen (secondary N) is 1. The van der Waals surface area contributed by atoms with E-state index in [0.29, 0.717) is 4.88 Å². The van der Waals surface area contributed by atoms with E-state index in [0.717, 1.165) is 65.3 Å². The molecular weight excluding hydrogens is 444 g/mol. The normalized spacial score (nSPS) is 19.6. The van der Waals surface area contributed by atoms with E-state index in [1.165, 1.54) is 11.3 Å². The Morgan fingerprint density at radius 3 is 2.65 bits per heavy atom. The second-order valence-corrected chi connectivity index (χ2v) is 10.5. The van der Waals surface area contributed by atoms with Crippen molar-refractivity contribution in [3.05, 3.63) is 76.8 Å². The average molecular weight is 473 g/mol. The summed E-state index contributed by atoms with van der Waals surface area (Å²) in [6.45, 7) is 4.01. The van der Waals surface area contributed by atoms with Gasteiger partial charge >= 0.3 is 0 Å². The summed E-state index contributed by atoms with van der Waals surface area (Å²) >= 11 is 1.50. The lowest BCUT2D eigenvalue weighted by molar-refractivity contribution is -0.0195. The fourth-order valence-corrected chi connectivity index (χ4v) is 6.30. The first-order chi connectivity index (χ1) is 16.5. The summed E-state index contributed by atoms with van der Waals surface area (Å²) in [6, 6.07) is 20.1. The number of rotatable bonds is 3. The standard InChI is InChI=1S/C27H28N4O2S/c1-18-21-16-24(34-26(21)31(29-18)19-8-4-3-5-9-19)25(32)28-22-17-27(12-14-30(2)15-13-27)33-23-11-7-6-10-20(22)23/h3-11,16,22H,12-15,17H2,1-2H3,(H,28,32)/t22-/m1/s1. The third kappa shape index (κ3) is 3.69. The molecule has 6 nitrogen and oxygen atoms in total. The van der Waals surface area contributed by atoms with Crippen molar-refractivity contribution in [1.29, 1.82) is 0 Å². The van der Waals surface area contributed by atoms with Crippen molar-refractivity contribution < 1.29 is 9.53 Å². The lowest BCUT2D eigenvalue weighted by Gasteiger charge is -2.46. The van der Waals surface area contributed by atoms with Crippen molar-refractivity contribution in [2.75, 3.05) is 20.1 Å². The second-order valence-electron chi connectivity index (χ2n) is 9.52. The number of benzene rings is 2. The van der Waals surface area contributed by atoms with Crippen LogP contribution in [0.15, 0.2) is 60.7 Å². The molecule has 0 radical (unpaired) electrons. The zero-order chi connectivity index (χ0) is 23.3. The van der Waals surface area contributed by atoms with Gasteiger partial charge in [-0.05, 0) is 51.1 Å². The number of aryl methyl sites for hydroxylation is 1. The molecule has 2 aliphatic rings. The summed E-state index contributed by atoms with van der Waals surface area (Å²) in [5, 5.41) is 9.08. The van der Waals surface area contributed by atoms with Gasteiger partial charge < -0.3 is 15.0 Å². The van der Waals surface area contributed by atoms with Crippen molar-refractivity contribution in [3.63, 3.8) is 0 Å². The van der Waals surface area contributed by atoms with Gasteiger partial charge in [0.05, 0.1) is 22.3 Å². The van der Waals surface area contributed by atoms with E-state index in [2.05, 4.69) is 23.3 Å². The summed E-state index contributed by atoms with van der Waals surface area (Å²) in [5.41, 5.74) is 2.77. The molecule has 7 heteroatoms. The maximum absolute atomic E-state index is 13.5. The smallest absolute Gasteiger partial charge is 0.261 e. The van der Waals surface area contributed by atoms with Gasteiger partial charge in [-0.3, -0.25) is 4.79 Å². The van der Waals surface area contributed by atoms with Crippen molar-refractivity contribution >= 4 is 27.5 Å². The minimum absolute atomic E-state index is 0.0370. The highest BCUT2D eigenvalue weighted by Crippen LogP contribution is 2.44. The molecule has 34 heavy (non-hydrogen) atoms. The average Bonchev–Trinajstić information content (AvgIpc) is 3.42. The Morgan fingerprint density at radius 2 is 1.85 bits per heavy atom. The molecule has 4 aromatic rings. The van der Waals surface area contributed by atoms with E-state index in [9.17, 15) is 4.79 Å². The Balaban J connectivity index is 1.31. The van der Waals surface area contributed by atoms with Crippen LogP contribution < -0.4 is 10.1 Å². The van der Waals surface area contributed by atoms with Crippen LogP contribution in [0.25, 0.3) is 15.9 Å². The first-order valence-electron chi connectivity index (χ1n) is 11.8. The lowest BCUT2D eigenvalue weighted by atomic mass is 9.80. The van der Waals surface area contributed by atoms with E-state index < -0.39 is 0 Å². The van der Waals surface area contributed by atoms with Gasteiger partial charge in [0.25, 0.3) is 5.91 Å². The summed E-state index contributed by atoms with van der Waals surface area (Å²) < 4.78 is 8.49. The number of carbonyl (C=O) groups is 1. The molecule has 4 heterocycles. The van der Waals surface area contributed by atoms with Crippen LogP contribution >= 0.6 is 11.3 Å². The minimum Gasteiger partial charge on any atom is -0.487 e. The Morgan fingerprint density at radius 1 is 1.12 bits per heavy atom. The molecule has 2 aromatic carbocycles. The van der Waals surface area contributed by atoms with Crippen molar-refractivity contribution in [2.24, 2.45) is 0 Å². The van der Waals surface area contributed by atoms with Crippen LogP contribution in [0.5, 0.6) is 5.75 Å². The Hall–Kier alpha value is -3.16. The molecule has 0 aliphatic carbocycles. The molecule has 0 bridgehead atoms. The number of amides is 1. The third-order valence-electron chi connectivity index (χ3n) is 7.17.